The number of hydrogen-bond donors (Lipinski definition) is 2. The van der Waals surface area contributed by atoms with Gasteiger partial charge in [-0.1, -0.05) is 39.7 Å². The fraction of sp³-hybridized carbons (Fsp3) is 0. The van der Waals surface area contributed by atoms with E-state index < -0.39 is 0 Å². The van der Waals surface area contributed by atoms with Crippen LogP contribution in [0.1, 0.15) is 0 Å². The number of anilines is 3. The van der Waals surface area contributed by atoms with Crippen LogP contribution in [0.15, 0.2) is 46.9 Å². The minimum Gasteiger partial charge on any atom is -0.368 e. The van der Waals surface area contributed by atoms with Crippen LogP contribution in [-0.4, -0.2) is 9.97 Å². The van der Waals surface area contributed by atoms with Crippen molar-refractivity contribution in [1.82, 2.24) is 9.97 Å². The lowest BCUT2D eigenvalue weighted by Crippen LogP contribution is -1.99. The van der Waals surface area contributed by atoms with Crippen LogP contribution >= 0.6 is 27.5 Å². The molecule has 20 heavy (non-hydrogen) atoms. The Kier molecular flexibility index (Phi) is 3.46. The van der Waals surface area contributed by atoms with E-state index in [0.717, 1.165) is 20.9 Å². The van der Waals surface area contributed by atoms with Gasteiger partial charge in [-0.05, 0) is 35.0 Å². The van der Waals surface area contributed by atoms with E-state index in [-0.39, 0.29) is 5.95 Å². The van der Waals surface area contributed by atoms with Gasteiger partial charge in [0, 0.05) is 16.2 Å². The molecule has 0 aliphatic rings. The van der Waals surface area contributed by atoms with Gasteiger partial charge in [0.2, 0.25) is 5.95 Å². The first-order valence-corrected chi connectivity index (χ1v) is 7.04. The summed E-state index contributed by atoms with van der Waals surface area (Å²) < 4.78 is 1.06. The van der Waals surface area contributed by atoms with E-state index >= 15 is 0 Å². The van der Waals surface area contributed by atoms with Gasteiger partial charge in [0.15, 0.2) is 0 Å². The summed E-state index contributed by atoms with van der Waals surface area (Å²) in [6.45, 7) is 0. The van der Waals surface area contributed by atoms with Gasteiger partial charge in [-0.2, -0.15) is 4.98 Å². The van der Waals surface area contributed by atoms with Crippen LogP contribution in [0.25, 0.3) is 10.8 Å². The highest BCUT2D eigenvalue weighted by atomic mass is 79.9. The van der Waals surface area contributed by atoms with Crippen molar-refractivity contribution < 1.29 is 0 Å². The number of nitrogens with zero attached hydrogens (tertiary/aromatic N) is 2. The average molecular weight is 350 g/mol. The molecular weight excluding hydrogens is 340 g/mol. The third-order valence-corrected chi connectivity index (χ3v) is 3.47. The van der Waals surface area contributed by atoms with E-state index in [4.69, 9.17) is 17.3 Å². The molecule has 100 valence electrons. The van der Waals surface area contributed by atoms with Crippen molar-refractivity contribution >= 4 is 55.8 Å². The first kappa shape index (κ1) is 13.1. The highest BCUT2D eigenvalue weighted by Crippen LogP contribution is 2.25. The average Bonchev–Trinajstić information content (AvgIpc) is 2.38. The van der Waals surface area contributed by atoms with Crippen molar-refractivity contribution in [2.24, 2.45) is 0 Å². The van der Waals surface area contributed by atoms with Crippen molar-refractivity contribution in [3.8, 4) is 0 Å². The van der Waals surface area contributed by atoms with E-state index in [9.17, 15) is 0 Å². The van der Waals surface area contributed by atoms with Crippen LogP contribution in [0.4, 0.5) is 17.5 Å². The fourth-order valence-corrected chi connectivity index (χ4v) is 2.51. The summed E-state index contributed by atoms with van der Waals surface area (Å²) >= 11 is 9.31. The summed E-state index contributed by atoms with van der Waals surface area (Å²) in [5.41, 5.74) is 6.48. The standard InChI is InChI=1S/C14H10BrClN4/c15-10-3-1-9-6-11(4-2-8(9)5-10)18-13-7-12(16)19-14(17)20-13/h1-7H,(H3,17,18,19,20). The van der Waals surface area contributed by atoms with Crippen molar-refractivity contribution in [1.29, 1.82) is 0 Å². The molecule has 0 saturated carbocycles. The number of nitrogens with one attached hydrogen (secondary N) is 1. The number of benzene rings is 2. The van der Waals surface area contributed by atoms with Crippen LogP contribution in [0, 0.1) is 0 Å². The molecule has 4 nitrogen and oxygen atoms in total. The molecular formula is C14H10BrClN4. The van der Waals surface area contributed by atoms with Crippen LogP contribution in [0.3, 0.4) is 0 Å². The van der Waals surface area contributed by atoms with E-state index in [1.807, 2.05) is 30.3 Å². The molecule has 1 aromatic heterocycles. The second kappa shape index (κ2) is 5.26. The maximum Gasteiger partial charge on any atom is 0.223 e. The summed E-state index contributed by atoms with van der Waals surface area (Å²) in [7, 11) is 0. The Labute approximate surface area is 129 Å². The molecule has 0 amide bonds. The molecule has 0 radical (unpaired) electrons. The SMILES string of the molecule is Nc1nc(Cl)cc(Nc2ccc3cc(Br)ccc3c2)n1. The number of rotatable bonds is 2. The van der Waals surface area contributed by atoms with Gasteiger partial charge in [0.05, 0.1) is 0 Å². The van der Waals surface area contributed by atoms with E-state index in [1.165, 1.54) is 0 Å². The third kappa shape index (κ3) is 2.84. The molecule has 3 aromatic rings. The fourth-order valence-electron chi connectivity index (χ4n) is 1.94. The first-order chi connectivity index (χ1) is 9.60. The lowest BCUT2D eigenvalue weighted by Gasteiger charge is -2.08. The van der Waals surface area contributed by atoms with Crippen LogP contribution in [0.5, 0.6) is 0 Å². The van der Waals surface area contributed by atoms with E-state index in [1.54, 1.807) is 6.07 Å². The molecule has 1 heterocycles. The summed E-state index contributed by atoms with van der Waals surface area (Å²) in [5.74, 6) is 0.712. The zero-order chi connectivity index (χ0) is 14.1. The highest BCUT2D eigenvalue weighted by molar-refractivity contribution is 9.10. The molecule has 0 aliphatic carbocycles. The summed E-state index contributed by atoms with van der Waals surface area (Å²) in [5, 5.41) is 5.76. The molecule has 0 bridgehead atoms. The molecule has 0 aliphatic heterocycles. The Morgan fingerprint density at radius 1 is 1.00 bits per heavy atom. The topological polar surface area (TPSA) is 63.8 Å². The lowest BCUT2D eigenvalue weighted by atomic mass is 10.1. The van der Waals surface area contributed by atoms with Gasteiger partial charge in [-0.3, -0.25) is 0 Å². The number of nitrogen functional groups attached to an aromatic ring is 1. The van der Waals surface area contributed by atoms with E-state index in [0.29, 0.717) is 11.0 Å². The first-order valence-electron chi connectivity index (χ1n) is 5.86. The minimum atomic E-state index is 0.143. The van der Waals surface area contributed by atoms with Gasteiger partial charge in [0.1, 0.15) is 11.0 Å². The Bertz CT molecular complexity index is 771. The van der Waals surface area contributed by atoms with Crippen molar-refractivity contribution in [2.45, 2.75) is 0 Å². The quantitative estimate of drug-likeness (QED) is 0.674. The van der Waals surface area contributed by atoms with Crippen molar-refractivity contribution in [3.63, 3.8) is 0 Å². The summed E-state index contributed by atoms with van der Waals surface area (Å²) in [6.07, 6.45) is 0. The Balaban J connectivity index is 1.96. The Morgan fingerprint density at radius 3 is 2.55 bits per heavy atom. The molecule has 0 fully saturated rings. The van der Waals surface area contributed by atoms with Crippen LogP contribution in [0.2, 0.25) is 5.15 Å². The largest absolute Gasteiger partial charge is 0.368 e. The number of fused-ring (bicyclic) bond motifs is 1. The Hall–Kier alpha value is -1.85. The van der Waals surface area contributed by atoms with Gasteiger partial charge >= 0.3 is 0 Å². The molecule has 2 aromatic carbocycles. The molecule has 0 unspecified atom stereocenters. The van der Waals surface area contributed by atoms with Gasteiger partial charge < -0.3 is 11.1 Å². The Morgan fingerprint density at radius 2 is 1.75 bits per heavy atom. The smallest absolute Gasteiger partial charge is 0.223 e. The zero-order valence-electron chi connectivity index (χ0n) is 10.3. The van der Waals surface area contributed by atoms with Crippen molar-refractivity contribution in [2.75, 3.05) is 11.1 Å². The number of aromatic nitrogens is 2. The number of hydrogen-bond acceptors (Lipinski definition) is 4. The second-order valence-electron chi connectivity index (χ2n) is 4.27. The summed E-state index contributed by atoms with van der Waals surface area (Å²) in [6, 6.07) is 13.8. The van der Waals surface area contributed by atoms with Crippen LogP contribution in [-0.2, 0) is 0 Å². The normalized spacial score (nSPS) is 10.7. The molecule has 0 spiro atoms. The molecule has 6 heteroatoms. The molecule has 3 rings (SSSR count). The zero-order valence-corrected chi connectivity index (χ0v) is 12.6. The molecule has 3 N–H and O–H groups in total. The van der Waals surface area contributed by atoms with E-state index in [2.05, 4.69) is 37.3 Å². The number of nitrogens with two attached hydrogens (primary N) is 1. The predicted molar refractivity (Wildman–Crippen MR) is 86.4 cm³/mol. The maximum atomic E-state index is 5.85. The lowest BCUT2D eigenvalue weighted by molar-refractivity contribution is 1.18. The van der Waals surface area contributed by atoms with Gasteiger partial charge in [-0.25, -0.2) is 4.98 Å². The monoisotopic (exact) mass is 348 g/mol. The molecule has 0 saturated heterocycles. The second-order valence-corrected chi connectivity index (χ2v) is 5.57. The summed E-state index contributed by atoms with van der Waals surface area (Å²) in [4.78, 5) is 7.91. The minimum absolute atomic E-state index is 0.143. The predicted octanol–water partition coefficient (Wildman–Crippen LogP) is 4.37. The maximum absolute atomic E-state index is 5.85. The third-order valence-electron chi connectivity index (χ3n) is 2.79. The van der Waals surface area contributed by atoms with Crippen LogP contribution < -0.4 is 11.1 Å². The van der Waals surface area contributed by atoms with Gasteiger partial charge in [-0.15, -0.1) is 0 Å². The molecule has 0 atom stereocenters. The number of halogens is 2. The van der Waals surface area contributed by atoms with Gasteiger partial charge in [0.25, 0.3) is 0 Å². The highest BCUT2D eigenvalue weighted by Gasteiger charge is 2.02. The van der Waals surface area contributed by atoms with Crippen molar-refractivity contribution in [3.05, 3.63) is 52.1 Å².